The van der Waals surface area contributed by atoms with E-state index in [-0.39, 0.29) is 0 Å². The molecule has 1 aromatic carbocycles. The Kier molecular flexibility index (Phi) is 5.74. The molecule has 2 N–H and O–H groups in total. The lowest BCUT2D eigenvalue weighted by molar-refractivity contribution is 0.0721. The van der Waals surface area contributed by atoms with Crippen LogP contribution < -0.4 is 5.73 Å². The molecule has 0 radical (unpaired) electrons. The molecule has 0 spiro atoms. The molecular weight excluding hydrogens is 235 g/mol. The number of rotatable bonds is 6. The summed E-state index contributed by atoms with van der Waals surface area (Å²) in [6.45, 7) is 1.23. The summed E-state index contributed by atoms with van der Waals surface area (Å²) in [5.74, 6) is 0. The maximum atomic E-state index is 12.6. The van der Waals surface area contributed by atoms with E-state index in [1.165, 1.54) is 14.2 Å². The maximum absolute atomic E-state index is 12.6. The standard InChI is InChI=1S/C13H19FN2O2/c1-9(16-18-3)10-4-6-11(7-5-10)13(17-2)12(15)8-14/h4-7,12-13H,8,15H2,1-3H3/b16-9+/t12-,13-/m1/s1. The molecule has 18 heavy (non-hydrogen) atoms. The van der Waals surface area contributed by atoms with Crippen LogP contribution in [0.2, 0.25) is 0 Å². The largest absolute Gasteiger partial charge is 0.399 e. The van der Waals surface area contributed by atoms with E-state index in [2.05, 4.69) is 5.16 Å². The number of methoxy groups -OCH3 is 1. The molecule has 4 nitrogen and oxygen atoms in total. The molecule has 0 saturated carbocycles. The SMILES string of the molecule is CO/N=C(\C)c1ccc([C@@H](OC)[C@H](N)CF)cc1. The molecule has 0 aliphatic rings. The Hall–Kier alpha value is -1.46. The van der Waals surface area contributed by atoms with Crippen molar-refractivity contribution in [2.24, 2.45) is 10.9 Å². The highest BCUT2D eigenvalue weighted by molar-refractivity contribution is 5.98. The van der Waals surface area contributed by atoms with Crippen LogP contribution in [0.15, 0.2) is 29.4 Å². The Morgan fingerprint density at radius 2 is 1.94 bits per heavy atom. The number of oxime groups is 1. The zero-order chi connectivity index (χ0) is 13.5. The lowest BCUT2D eigenvalue weighted by Gasteiger charge is -2.20. The molecule has 0 aliphatic heterocycles. The van der Waals surface area contributed by atoms with Crippen molar-refractivity contribution in [3.63, 3.8) is 0 Å². The fourth-order valence-corrected chi connectivity index (χ4v) is 1.74. The van der Waals surface area contributed by atoms with Gasteiger partial charge in [-0.2, -0.15) is 0 Å². The van der Waals surface area contributed by atoms with Crippen LogP contribution in [-0.4, -0.2) is 32.6 Å². The second-order valence-corrected chi connectivity index (χ2v) is 3.96. The Morgan fingerprint density at radius 1 is 1.33 bits per heavy atom. The van der Waals surface area contributed by atoms with E-state index in [9.17, 15) is 4.39 Å². The number of benzene rings is 1. The van der Waals surface area contributed by atoms with Crippen molar-refractivity contribution < 1.29 is 14.0 Å². The van der Waals surface area contributed by atoms with Gasteiger partial charge in [0, 0.05) is 7.11 Å². The van der Waals surface area contributed by atoms with Gasteiger partial charge in [0.15, 0.2) is 0 Å². The van der Waals surface area contributed by atoms with E-state index in [4.69, 9.17) is 15.3 Å². The monoisotopic (exact) mass is 254 g/mol. The Balaban J connectivity index is 2.90. The van der Waals surface area contributed by atoms with E-state index in [0.29, 0.717) is 0 Å². The summed E-state index contributed by atoms with van der Waals surface area (Å²) in [6, 6.07) is 6.81. The molecule has 0 unspecified atom stereocenters. The molecule has 0 aromatic heterocycles. The molecule has 0 aliphatic carbocycles. The van der Waals surface area contributed by atoms with Crippen LogP contribution in [-0.2, 0) is 9.57 Å². The minimum Gasteiger partial charge on any atom is -0.399 e. The van der Waals surface area contributed by atoms with Crippen LogP contribution in [0.3, 0.4) is 0 Å². The average molecular weight is 254 g/mol. The lowest BCUT2D eigenvalue weighted by atomic mass is 10.0. The highest BCUT2D eigenvalue weighted by Crippen LogP contribution is 2.20. The molecule has 100 valence electrons. The molecule has 0 fully saturated rings. The predicted octanol–water partition coefficient (Wildman–Crippen LogP) is 2.04. The van der Waals surface area contributed by atoms with Crippen LogP contribution in [0.1, 0.15) is 24.2 Å². The Labute approximate surface area is 107 Å². The van der Waals surface area contributed by atoms with Gasteiger partial charge in [0.2, 0.25) is 0 Å². The van der Waals surface area contributed by atoms with Gasteiger partial charge in [-0.15, -0.1) is 0 Å². The summed E-state index contributed by atoms with van der Waals surface area (Å²) in [5, 5.41) is 3.84. The summed E-state index contributed by atoms with van der Waals surface area (Å²) in [4.78, 5) is 4.71. The first kappa shape index (κ1) is 14.6. The second kappa shape index (κ2) is 7.08. The molecule has 1 rings (SSSR count). The minimum absolute atomic E-state index is 0.441. The van der Waals surface area contributed by atoms with Crippen molar-refractivity contribution in [3.05, 3.63) is 35.4 Å². The first-order chi connectivity index (χ1) is 8.63. The zero-order valence-corrected chi connectivity index (χ0v) is 10.9. The number of ether oxygens (including phenoxy) is 1. The molecule has 0 bridgehead atoms. The number of hydrogen-bond donors (Lipinski definition) is 1. The summed E-state index contributed by atoms with van der Waals surface area (Å²) in [6.07, 6.45) is -0.441. The number of hydrogen-bond acceptors (Lipinski definition) is 4. The van der Waals surface area contributed by atoms with Gasteiger partial charge in [-0.25, -0.2) is 4.39 Å². The van der Waals surface area contributed by atoms with Gasteiger partial charge < -0.3 is 15.3 Å². The quantitative estimate of drug-likeness (QED) is 0.624. The summed E-state index contributed by atoms with van der Waals surface area (Å²) in [7, 11) is 3.02. The van der Waals surface area contributed by atoms with Crippen LogP contribution >= 0.6 is 0 Å². The minimum atomic E-state index is -0.658. The van der Waals surface area contributed by atoms with E-state index >= 15 is 0 Å². The molecule has 0 amide bonds. The third-order valence-electron chi connectivity index (χ3n) is 2.71. The second-order valence-electron chi connectivity index (χ2n) is 3.96. The summed E-state index contributed by atoms with van der Waals surface area (Å²) < 4.78 is 17.8. The summed E-state index contributed by atoms with van der Waals surface area (Å²) in [5.41, 5.74) is 8.21. The van der Waals surface area contributed by atoms with Gasteiger partial charge in [0.25, 0.3) is 0 Å². The van der Waals surface area contributed by atoms with Gasteiger partial charge in [-0.05, 0) is 18.1 Å². The summed E-state index contributed by atoms with van der Waals surface area (Å²) >= 11 is 0. The van der Waals surface area contributed by atoms with Gasteiger partial charge in [-0.1, -0.05) is 29.4 Å². The van der Waals surface area contributed by atoms with E-state index in [0.717, 1.165) is 16.8 Å². The maximum Gasteiger partial charge on any atom is 0.107 e. The van der Waals surface area contributed by atoms with Crippen molar-refractivity contribution >= 4 is 5.71 Å². The Bertz CT molecular complexity index is 392. The third kappa shape index (κ3) is 3.51. The van der Waals surface area contributed by atoms with Crippen molar-refractivity contribution in [3.8, 4) is 0 Å². The first-order valence-corrected chi connectivity index (χ1v) is 5.66. The molecular formula is C13H19FN2O2. The molecule has 0 heterocycles. The van der Waals surface area contributed by atoms with Gasteiger partial charge >= 0.3 is 0 Å². The normalized spacial score (nSPS) is 15.3. The fourth-order valence-electron chi connectivity index (χ4n) is 1.74. The number of alkyl halides is 1. The third-order valence-corrected chi connectivity index (χ3v) is 2.71. The fraction of sp³-hybridized carbons (Fsp3) is 0.462. The van der Waals surface area contributed by atoms with Crippen molar-refractivity contribution in [1.29, 1.82) is 0 Å². The highest BCUT2D eigenvalue weighted by Gasteiger charge is 2.19. The molecule has 2 atom stereocenters. The van der Waals surface area contributed by atoms with Gasteiger partial charge in [0.1, 0.15) is 13.8 Å². The first-order valence-electron chi connectivity index (χ1n) is 5.66. The molecule has 0 saturated heterocycles. The lowest BCUT2D eigenvalue weighted by Crippen LogP contribution is -2.31. The molecule has 5 heteroatoms. The number of nitrogens with two attached hydrogens (primary N) is 1. The zero-order valence-electron chi connectivity index (χ0n) is 10.9. The van der Waals surface area contributed by atoms with Crippen LogP contribution in [0.5, 0.6) is 0 Å². The molecule has 1 aromatic rings. The van der Waals surface area contributed by atoms with Crippen molar-refractivity contribution in [2.45, 2.75) is 19.1 Å². The topological polar surface area (TPSA) is 56.8 Å². The van der Waals surface area contributed by atoms with Crippen LogP contribution in [0.4, 0.5) is 4.39 Å². The van der Waals surface area contributed by atoms with E-state index in [1.807, 2.05) is 31.2 Å². The van der Waals surface area contributed by atoms with Crippen LogP contribution in [0.25, 0.3) is 0 Å². The van der Waals surface area contributed by atoms with E-state index < -0.39 is 18.8 Å². The van der Waals surface area contributed by atoms with Crippen LogP contribution in [0, 0.1) is 0 Å². The van der Waals surface area contributed by atoms with E-state index in [1.54, 1.807) is 0 Å². The van der Waals surface area contributed by atoms with Crippen molar-refractivity contribution in [2.75, 3.05) is 20.9 Å². The van der Waals surface area contributed by atoms with Crippen molar-refractivity contribution in [1.82, 2.24) is 0 Å². The van der Waals surface area contributed by atoms with Gasteiger partial charge in [-0.3, -0.25) is 0 Å². The predicted molar refractivity (Wildman–Crippen MR) is 69.4 cm³/mol. The van der Waals surface area contributed by atoms with Gasteiger partial charge in [0.05, 0.1) is 17.9 Å². The Morgan fingerprint density at radius 3 is 2.39 bits per heavy atom. The highest BCUT2D eigenvalue weighted by atomic mass is 19.1. The number of halogens is 1. The average Bonchev–Trinajstić information content (AvgIpc) is 2.40. The smallest absolute Gasteiger partial charge is 0.107 e. The number of nitrogens with zero attached hydrogens (tertiary/aromatic N) is 1.